The third-order valence-corrected chi connectivity index (χ3v) is 4.56. The van der Waals surface area contributed by atoms with Gasteiger partial charge in [0.15, 0.2) is 5.82 Å². The first kappa shape index (κ1) is 13.4. The highest BCUT2D eigenvalue weighted by molar-refractivity contribution is 9.10. The van der Waals surface area contributed by atoms with Crippen molar-refractivity contribution in [2.45, 2.75) is 31.6 Å². The van der Waals surface area contributed by atoms with Crippen LogP contribution in [0.1, 0.15) is 37.4 Å². The van der Waals surface area contributed by atoms with Crippen molar-refractivity contribution in [3.63, 3.8) is 0 Å². The molecule has 1 saturated carbocycles. The maximum absolute atomic E-state index is 11.0. The molecule has 1 aliphatic rings. The average Bonchev–Trinajstić information content (AvgIpc) is 2.77. The van der Waals surface area contributed by atoms with Crippen LogP contribution in [-0.4, -0.2) is 25.4 Å². The molecule has 0 amide bonds. The number of carboxylic acid groups (broad SMARTS) is 1. The van der Waals surface area contributed by atoms with Crippen molar-refractivity contribution in [3.05, 3.63) is 22.8 Å². The summed E-state index contributed by atoms with van der Waals surface area (Å²) in [5.74, 6) is 0.743. The third-order valence-electron chi connectivity index (χ3n) is 4.01. The second-order valence-corrected chi connectivity index (χ2v) is 5.93. The molecule has 6 nitrogen and oxygen atoms in total. The van der Waals surface area contributed by atoms with Gasteiger partial charge in [0.25, 0.3) is 0 Å². The topological polar surface area (TPSA) is 93.5 Å². The van der Waals surface area contributed by atoms with E-state index in [4.69, 9.17) is 10.8 Å². The monoisotopic (exact) mass is 338 g/mol. The largest absolute Gasteiger partial charge is 0.481 e. The van der Waals surface area contributed by atoms with Crippen LogP contribution in [0, 0.1) is 5.92 Å². The quantitative estimate of drug-likeness (QED) is 0.876. The molecule has 0 aliphatic heterocycles. The minimum Gasteiger partial charge on any atom is -0.481 e. The van der Waals surface area contributed by atoms with Crippen LogP contribution in [0.2, 0.25) is 0 Å². The molecule has 20 heavy (non-hydrogen) atoms. The molecule has 0 saturated heterocycles. The van der Waals surface area contributed by atoms with Crippen LogP contribution in [0.4, 0.5) is 5.82 Å². The summed E-state index contributed by atoms with van der Waals surface area (Å²) in [7, 11) is 0. The molecule has 1 aliphatic carbocycles. The zero-order valence-corrected chi connectivity index (χ0v) is 12.4. The zero-order valence-electron chi connectivity index (χ0n) is 10.8. The molecule has 3 N–H and O–H groups in total. The Morgan fingerprint density at radius 1 is 1.40 bits per heavy atom. The summed E-state index contributed by atoms with van der Waals surface area (Å²) < 4.78 is 2.65. The predicted molar refractivity (Wildman–Crippen MR) is 77.4 cm³/mol. The number of aromatic nitrogens is 3. The molecule has 0 bridgehead atoms. The Morgan fingerprint density at radius 3 is 2.75 bits per heavy atom. The second kappa shape index (κ2) is 5.05. The average molecular weight is 339 g/mol. The summed E-state index contributed by atoms with van der Waals surface area (Å²) in [6, 6.07) is 0. The molecule has 1 fully saturated rings. The van der Waals surface area contributed by atoms with Gasteiger partial charge in [-0.25, -0.2) is 9.97 Å². The Balaban J connectivity index is 1.92. The molecule has 2 aromatic heterocycles. The Morgan fingerprint density at radius 2 is 2.10 bits per heavy atom. The van der Waals surface area contributed by atoms with Crippen molar-refractivity contribution in [2.24, 2.45) is 5.92 Å². The van der Waals surface area contributed by atoms with Gasteiger partial charge in [-0.15, -0.1) is 0 Å². The molecule has 0 radical (unpaired) electrons. The van der Waals surface area contributed by atoms with E-state index in [0.717, 1.165) is 24.2 Å². The van der Waals surface area contributed by atoms with Gasteiger partial charge >= 0.3 is 5.97 Å². The van der Waals surface area contributed by atoms with Gasteiger partial charge < -0.3 is 10.8 Å². The molecule has 3 rings (SSSR count). The van der Waals surface area contributed by atoms with Gasteiger partial charge in [-0.3, -0.25) is 9.20 Å². The van der Waals surface area contributed by atoms with Gasteiger partial charge in [0, 0.05) is 18.3 Å². The number of carboxylic acids is 1. The second-order valence-electron chi connectivity index (χ2n) is 5.18. The van der Waals surface area contributed by atoms with Crippen molar-refractivity contribution in [1.82, 2.24) is 14.4 Å². The summed E-state index contributed by atoms with van der Waals surface area (Å²) in [5.41, 5.74) is 6.66. The van der Waals surface area contributed by atoms with E-state index in [1.807, 2.05) is 10.6 Å². The lowest BCUT2D eigenvalue weighted by molar-refractivity contribution is -0.142. The van der Waals surface area contributed by atoms with Gasteiger partial charge in [-0.2, -0.15) is 0 Å². The van der Waals surface area contributed by atoms with Gasteiger partial charge in [0.1, 0.15) is 15.9 Å². The van der Waals surface area contributed by atoms with Crippen LogP contribution >= 0.6 is 15.9 Å². The number of hydrogen-bond acceptors (Lipinski definition) is 4. The third kappa shape index (κ3) is 2.15. The first-order chi connectivity index (χ1) is 9.58. The van der Waals surface area contributed by atoms with Crippen molar-refractivity contribution >= 4 is 33.2 Å². The molecule has 0 unspecified atom stereocenters. The number of nitrogen functional groups attached to an aromatic ring is 1. The normalized spacial score (nSPS) is 23.1. The smallest absolute Gasteiger partial charge is 0.306 e. The minimum atomic E-state index is -0.689. The van der Waals surface area contributed by atoms with Crippen LogP contribution in [0.3, 0.4) is 0 Å². The number of fused-ring (bicyclic) bond motifs is 1. The lowest BCUT2D eigenvalue weighted by atomic mass is 9.81. The fourth-order valence-corrected chi connectivity index (χ4v) is 3.51. The van der Waals surface area contributed by atoms with Gasteiger partial charge in [0.05, 0.1) is 5.92 Å². The lowest BCUT2D eigenvalue weighted by Gasteiger charge is -2.25. The van der Waals surface area contributed by atoms with E-state index >= 15 is 0 Å². The summed E-state index contributed by atoms with van der Waals surface area (Å²) in [6.07, 6.45) is 6.58. The predicted octanol–water partition coefficient (Wildman–Crippen LogP) is 2.43. The summed E-state index contributed by atoms with van der Waals surface area (Å²) >= 11 is 3.42. The summed E-state index contributed by atoms with van der Waals surface area (Å²) in [6.45, 7) is 0. The number of carbonyl (C=O) groups is 1. The van der Waals surface area contributed by atoms with Crippen LogP contribution < -0.4 is 5.73 Å². The van der Waals surface area contributed by atoms with Gasteiger partial charge in [-0.1, -0.05) is 0 Å². The molecule has 2 aromatic rings. The number of hydrogen-bond donors (Lipinski definition) is 2. The van der Waals surface area contributed by atoms with Crippen molar-refractivity contribution < 1.29 is 9.90 Å². The molecule has 0 spiro atoms. The molecule has 2 heterocycles. The Hall–Kier alpha value is -1.63. The summed E-state index contributed by atoms with van der Waals surface area (Å²) in [4.78, 5) is 19.6. The number of nitrogens with two attached hydrogens (primary N) is 1. The molecular formula is C13H15BrN4O2. The molecule has 7 heteroatoms. The first-order valence-corrected chi connectivity index (χ1v) is 7.38. The van der Waals surface area contributed by atoms with Gasteiger partial charge in [0.2, 0.25) is 0 Å². The number of aliphatic carboxylic acids is 1. The zero-order chi connectivity index (χ0) is 14.3. The van der Waals surface area contributed by atoms with E-state index < -0.39 is 5.97 Å². The van der Waals surface area contributed by atoms with E-state index in [2.05, 4.69) is 25.9 Å². The molecular weight excluding hydrogens is 324 g/mol. The first-order valence-electron chi connectivity index (χ1n) is 6.58. The van der Waals surface area contributed by atoms with Crippen molar-refractivity contribution in [1.29, 1.82) is 0 Å². The fraction of sp³-hybridized carbons (Fsp3) is 0.462. The number of nitrogens with zero attached hydrogens (tertiary/aromatic N) is 3. The highest BCUT2D eigenvalue weighted by Crippen LogP contribution is 2.37. The lowest BCUT2D eigenvalue weighted by Crippen LogP contribution is -2.21. The Labute approximate surface area is 124 Å². The van der Waals surface area contributed by atoms with E-state index in [-0.39, 0.29) is 11.8 Å². The number of halogens is 1. The van der Waals surface area contributed by atoms with E-state index in [1.165, 1.54) is 0 Å². The highest BCUT2D eigenvalue weighted by Gasteiger charge is 2.29. The maximum Gasteiger partial charge on any atom is 0.306 e. The number of anilines is 1. The van der Waals surface area contributed by atoms with Gasteiger partial charge in [-0.05, 0) is 41.6 Å². The molecule has 0 aromatic carbocycles. The number of rotatable bonds is 2. The maximum atomic E-state index is 11.0. The van der Waals surface area contributed by atoms with E-state index in [1.54, 1.807) is 6.20 Å². The van der Waals surface area contributed by atoms with Crippen LogP contribution in [-0.2, 0) is 4.79 Å². The molecule has 106 valence electrons. The van der Waals surface area contributed by atoms with Crippen LogP contribution in [0.25, 0.3) is 5.52 Å². The van der Waals surface area contributed by atoms with Crippen LogP contribution in [0.15, 0.2) is 17.0 Å². The fourth-order valence-electron chi connectivity index (χ4n) is 2.93. The van der Waals surface area contributed by atoms with Crippen molar-refractivity contribution in [2.75, 3.05) is 5.73 Å². The van der Waals surface area contributed by atoms with E-state index in [0.29, 0.717) is 23.3 Å². The Bertz CT molecular complexity index is 662. The highest BCUT2D eigenvalue weighted by atomic mass is 79.9. The van der Waals surface area contributed by atoms with Crippen LogP contribution in [0.5, 0.6) is 0 Å². The molecule has 0 atom stereocenters. The van der Waals surface area contributed by atoms with E-state index in [9.17, 15) is 4.79 Å². The minimum absolute atomic E-state index is 0.215. The SMILES string of the molecule is Nc1nccn2c(C3CCC(C(=O)O)CC3)nc(Br)c12. The van der Waals surface area contributed by atoms with Crippen molar-refractivity contribution in [3.8, 4) is 0 Å². The number of imidazole rings is 1. The standard InChI is InChI=1S/C13H15BrN4O2/c14-10-9-11(15)16-5-6-18(9)12(17-10)7-1-3-8(4-2-7)13(19)20/h5-8H,1-4H2,(H2,15,16)(H,19,20). The Kier molecular flexibility index (Phi) is 3.37. The summed E-state index contributed by atoms with van der Waals surface area (Å²) in [5, 5.41) is 9.05.